The van der Waals surface area contributed by atoms with Gasteiger partial charge in [0, 0.05) is 5.92 Å². The first-order valence-corrected chi connectivity index (χ1v) is 8.75. The molecule has 1 saturated carbocycles. The fraction of sp³-hybridized carbons (Fsp3) is 0.579. The quantitative estimate of drug-likeness (QED) is 0.768. The van der Waals surface area contributed by atoms with E-state index in [-0.39, 0.29) is 23.8 Å². The standard InChI is InChI=1S/C19H26N2O3/c1-10-4-5-14-9-11(2)16(15(14)8-10)20-19(24)17(12(3)22)21-18(23)13-6-7-13/h4-5,8,11-13,16-17,22H,6-7,9H2,1-3H3,(H,20,24)(H,21,23)/t11-,12-,16+,17+/m0/s1. The highest BCUT2D eigenvalue weighted by Gasteiger charge is 2.37. The summed E-state index contributed by atoms with van der Waals surface area (Å²) in [5.74, 6) is -0.149. The van der Waals surface area contributed by atoms with Crippen molar-refractivity contribution < 1.29 is 14.7 Å². The van der Waals surface area contributed by atoms with Gasteiger partial charge >= 0.3 is 0 Å². The molecule has 1 aromatic rings. The Labute approximate surface area is 142 Å². The molecule has 2 aliphatic carbocycles. The van der Waals surface area contributed by atoms with E-state index in [2.05, 4.69) is 35.8 Å². The Morgan fingerprint density at radius 3 is 2.62 bits per heavy atom. The molecule has 3 N–H and O–H groups in total. The summed E-state index contributed by atoms with van der Waals surface area (Å²) in [6, 6.07) is 5.34. The molecule has 5 heteroatoms. The van der Waals surface area contributed by atoms with Crippen molar-refractivity contribution in [3.05, 3.63) is 34.9 Å². The maximum Gasteiger partial charge on any atom is 0.245 e. The number of rotatable bonds is 5. The van der Waals surface area contributed by atoms with Crippen molar-refractivity contribution in [2.75, 3.05) is 0 Å². The molecule has 0 unspecified atom stereocenters. The third-order valence-corrected chi connectivity index (χ3v) is 5.06. The first-order valence-electron chi connectivity index (χ1n) is 8.75. The number of aliphatic hydroxyl groups is 1. The van der Waals surface area contributed by atoms with Crippen molar-refractivity contribution >= 4 is 11.8 Å². The summed E-state index contributed by atoms with van der Waals surface area (Å²) in [5.41, 5.74) is 3.57. The third kappa shape index (κ3) is 3.46. The van der Waals surface area contributed by atoms with Crippen molar-refractivity contribution in [3.8, 4) is 0 Å². The molecule has 2 aliphatic rings. The topological polar surface area (TPSA) is 78.4 Å². The minimum absolute atomic E-state index is 0.00725. The first kappa shape index (κ1) is 17.0. The molecule has 0 saturated heterocycles. The SMILES string of the molecule is Cc1ccc2c(c1)[C@H](NC(=O)[C@H](NC(=O)C1CC1)[C@H](C)O)[C@@H](C)C2. The molecule has 24 heavy (non-hydrogen) atoms. The lowest BCUT2D eigenvalue weighted by Gasteiger charge is -2.25. The fourth-order valence-electron chi connectivity index (χ4n) is 3.45. The van der Waals surface area contributed by atoms with Gasteiger partial charge in [0.2, 0.25) is 11.8 Å². The Hall–Kier alpha value is -1.88. The molecule has 2 amide bonds. The van der Waals surface area contributed by atoms with Crippen LogP contribution in [0.25, 0.3) is 0 Å². The van der Waals surface area contributed by atoms with E-state index in [1.54, 1.807) is 0 Å². The average Bonchev–Trinajstić information content (AvgIpc) is 3.32. The molecule has 0 radical (unpaired) electrons. The number of nitrogens with one attached hydrogen (secondary N) is 2. The molecule has 1 fully saturated rings. The van der Waals surface area contributed by atoms with Gasteiger partial charge in [-0.25, -0.2) is 0 Å². The highest BCUT2D eigenvalue weighted by atomic mass is 16.3. The van der Waals surface area contributed by atoms with Crippen molar-refractivity contribution in [3.63, 3.8) is 0 Å². The van der Waals surface area contributed by atoms with Gasteiger partial charge in [-0.05, 0) is 50.2 Å². The van der Waals surface area contributed by atoms with E-state index >= 15 is 0 Å². The number of amides is 2. The summed E-state index contributed by atoms with van der Waals surface area (Å²) in [6.07, 6.45) is 1.73. The molecule has 1 aromatic carbocycles. The minimum atomic E-state index is -0.929. The van der Waals surface area contributed by atoms with Gasteiger partial charge in [0.15, 0.2) is 0 Å². The largest absolute Gasteiger partial charge is 0.391 e. The number of aliphatic hydroxyl groups excluding tert-OH is 1. The number of carbonyl (C=O) groups excluding carboxylic acids is 2. The van der Waals surface area contributed by atoms with Crippen molar-refractivity contribution in [2.24, 2.45) is 11.8 Å². The number of fused-ring (bicyclic) bond motifs is 1. The Morgan fingerprint density at radius 1 is 1.29 bits per heavy atom. The van der Waals surface area contributed by atoms with Crippen LogP contribution in [0.4, 0.5) is 0 Å². The molecule has 4 atom stereocenters. The van der Waals surface area contributed by atoms with Crippen molar-refractivity contribution in [2.45, 2.75) is 58.2 Å². The van der Waals surface area contributed by atoms with Gasteiger partial charge in [0.1, 0.15) is 6.04 Å². The summed E-state index contributed by atoms with van der Waals surface area (Å²) in [5, 5.41) is 15.7. The van der Waals surface area contributed by atoms with Crippen LogP contribution >= 0.6 is 0 Å². The lowest BCUT2D eigenvalue weighted by Crippen LogP contribution is -2.53. The zero-order valence-corrected chi connectivity index (χ0v) is 14.5. The molecular formula is C19H26N2O3. The van der Waals surface area contributed by atoms with Crippen LogP contribution in [-0.4, -0.2) is 29.1 Å². The van der Waals surface area contributed by atoms with Crippen LogP contribution in [0.15, 0.2) is 18.2 Å². The summed E-state index contributed by atoms with van der Waals surface area (Å²) >= 11 is 0. The van der Waals surface area contributed by atoms with Crippen molar-refractivity contribution in [1.82, 2.24) is 10.6 Å². The second-order valence-electron chi connectivity index (χ2n) is 7.37. The fourth-order valence-corrected chi connectivity index (χ4v) is 3.45. The third-order valence-electron chi connectivity index (χ3n) is 5.06. The summed E-state index contributed by atoms with van der Waals surface area (Å²) in [4.78, 5) is 24.6. The lowest BCUT2D eigenvalue weighted by atomic mass is 10.0. The van der Waals surface area contributed by atoms with Gasteiger partial charge in [-0.2, -0.15) is 0 Å². The van der Waals surface area contributed by atoms with Crippen LogP contribution in [0.1, 0.15) is 49.4 Å². The number of carbonyl (C=O) groups is 2. The molecule has 0 aromatic heterocycles. The Balaban J connectivity index is 1.72. The predicted molar refractivity (Wildman–Crippen MR) is 91.3 cm³/mol. The predicted octanol–water partition coefficient (Wildman–Crippen LogP) is 1.62. The molecule has 0 spiro atoms. The van der Waals surface area contributed by atoms with E-state index < -0.39 is 12.1 Å². The molecule has 0 aliphatic heterocycles. The molecule has 0 bridgehead atoms. The normalized spacial score (nSPS) is 24.8. The maximum atomic E-state index is 12.7. The molecular weight excluding hydrogens is 304 g/mol. The number of benzene rings is 1. The summed E-state index contributed by atoms with van der Waals surface area (Å²) in [6.45, 7) is 5.69. The second-order valence-corrected chi connectivity index (χ2v) is 7.37. The highest BCUT2D eigenvalue weighted by Crippen LogP contribution is 2.36. The van der Waals surface area contributed by atoms with E-state index in [1.165, 1.54) is 12.5 Å². The van der Waals surface area contributed by atoms with Crippen LogP contribution in [0, 0.1) is 18.8 Å². The lowest BCUT2D eigenvalue weighted by molar-refractivity contribution is -0.132. The van der Waals surface area contributed by atoms with Crippen molar-refractivity contribution in [1.29, 1.82) is 0 Å². The van der Waals surface area contributed by atoms with E-state index in [1.807, 2.05) is 6.92 Å². The number of hydrogen-bond acceptors (Lipinski definition) is 3. The Bertz CT molecular complexity index is 652. The number of hydrogen-bond donors (Lipinski definition) is 3. The molecule has 130 valence electrons. The first-order chi connectivity index (χ1) is 11.4. The van der Waals surface area contributed by atoms with Gasteiger partial charge in [0.05, 0.1) is 12.1 Å². The van der Waals surface area contributed by atoms with Gasteiger partial charge < -0.3 is 15.7 Å². The van der Waals surface area contributed by atoms with Crippen LogP contribution in [0.5, 0.6) is 0 Å². The zero-order valence-electron chi connectivity index (χ0n) is 14.5. The average molecular weight is 330 g/mol. The Morgan fingerprint density at radius 2 is 2.00 bits per heavy atom. The van der Waals surface area contributed by atoms with Crippen LogP contribution < -0.4 is 10.6 Å². The van der Waals surface area contributed by atoms with Gasteiger partial charge in [0.25, 0.3) is 0 Å². The summed E-state index contributed by atoms with van der Waals surface area (Å²) < 4.78 is 0. The second kappa shape index (κ2) is 6.55. The molecule has 5 nitrogen and oxygen atoms in total. The van der Waals surface area contributed by atoms with Crippen LogP contribution in [0.3, 0.4) is 0 Å². The molecule has 3 rings (SSSR count). The van der Waals surface area contributed by atoms with Gasteiger partial charge in [-0.1, -0.05) is 30.7 Å². The number of aryl methyl sites for hydroxylation is 1. The maximum absolute atomic E-state index is 12.7. The smallest absolute Gasteiger partial charge is 0.245 e. The van der Waals surface area contributed by atoms with Gasteiger partial charge in [-0.3, -0.25) is 9.59 Å². The van der Waals surface area contributed by atoms with E-state index in [0.717, 1.165) is 30.4 Å². The Kier molecular flexibility index (Phi) is 4.63. The minimum Gasteiger partial charge on any atom is -0.391 e. The molecule has 0 heterocycles. The zero-order chi connectivity index (χ0) is 17.4. The van der Waals surface area contributed by atoms with Gasteiger partial charge in [-0.15, -0.1) is 0 Å². The van der Waals surface area contributed by atoms with Crippen LogP contribution in [0.2, 0.25) is 0 Å². The van der Waals surface area contributed by atoms with Crippen LogP contribution in [-0.2, 0) is 16.0 Å². The summed E-state index contributed by atoms with van der Waals surface area (Å²) in [7, 11) is 0. The monoisotopic (exact) mass is 330 g/mol. The van der Waals surface area contributed by atoms with E-state index in [9.17, 15) is 14.7 Å². The van der Waals surface area contributed by atoms with E-state index in [0.29, 0.717) is 5.92 Å². The van der Waals surface area contributed by atoms with E-state index in [4.69, 9.17) is 0 Å². The highest BCUT2D eigenvalue weighted by molar-refractivity contribution is 5.90.